The average molecular weight is 489 g/mol. The monoisotopic (exact) mass is 488 g/mol. The zero-order valence-corrected chi connectivity index (χ0v) is 20.1. The minimum Gasteiger partial charge on any atom is -0.493 e. The number of hydrogen-bond donors (Lipinski definition) is 1. The van der Waals surface area contributed by atoms with Crippen molar-refractivity contribution in [2.24, 2.45) is 0 Å². The summed E-state index contributed by atoms with van der Waals surface area (Å²) in [7, 11) is 1.54. The first-order chi connectivity index (χ1) is 16.9. The molecule has 0 bridgehead atoms. The Morgan fingerprint density at radius 1 is 1.00 bits per heavy atom. The highest BCUT2D eigenvalue weighted by molar-refractivity contribution is 8.18. The largest absolute Gasteiger partial charge is 0.493 e. The van der Waals surface area contributed by atoms with E-state index in [2.05, 4.69) is 5.32 Å². The number of carbonyl (C=O) groups is 3. The lowest BCUT2D eigenvalue weighted by Crippen LogP contribution is -2.36. The molecule has 3 amide bonds. The molecule has 1 N–H and O–H groups in total. The lowest BCUT2D eigenvalue weighted by molar-refractivity contribution is -0.127. The highest BCUT2D eigenvalue weighted by Crippen LogP contribution is 2.34. The third kappa shape index (κ3) is 6.10. The number of nitrogens with zero attached hydrogens (tertiary/aromatic N) is 1. The summed E-state index contributed by atoms with van der Waals surface area (Å²) in [5, 5.41) is 2.21. The van der Waals surface area contributed by atoms with Gasteiger partial charge in [0.1, 0.15) is 13.2 Å². The van der Waals surface area contributed by atoms with E-state index in [4.69, 9.17) is 9.47 Å². The van der Waals surface area contributed by atoms with Crippen LogP contribution in [-0.4, -0.2) is 35.6 Å². The summed E-state index contributed by atoms with van der Waals surface area (Å²) >= 11 is 0.799. The molecule has 3 aromatic rings. The van der Waals surface area contributed by atoms with Crippen molar-refractivity contribution in [1.29, 1.82) is 0 Å². The molecular formula is C27H24N2O5S. The van der Waals surface area contributed by atoms with E-state index < -0.39 is 17.1 Å². The normalized spacial score (nSPS) is 14.3. The number of rotatable bonds is 8. The lowest BCUT2D eigenvalue weighted by Gasteiger charge is -2.13. The van der Waals surface area contributed by atoms with Crippen molar-refractivity contribution in [2.75, 3.05) is 19.0 Å². The first-order valence-corrected chi connectivity index (χ1v) is 11.7. The van der Waals surface area contributed by atoms with E-state index in [9.17, 15) is 14.4 Å². The number of hydrogen-bond acceptors (Lipinski definition) is 6. The number of amides is 3. The third-order valence-corrected chi connectivity index (χ3v) is 6.14. The fraction of sp³-hybridized carbons (Fsp3) is 0.148. The van der Waals surface area contributed by atoms with Gasteiger partial charge in [-0.3, -0.25) is 19.3 Å². The number of carbonyl (C=O) groups excluding carboxylic acids is 3. The summed E-state index contributed by atoms with van der Waals surface area (Å²) in [6, 6.07) is 22.3. The standard InChI is InChI=1S/C27H24N2O5S/c1-18-8-11-21(12-9-18)28-25(30)16-29-26(31)24(35-27(29)32)15-20-10-13-22(23(14-20)33-2)34-17-19-6-4-3-5-7-19/h3-15H,16-17H2,1-2H3,(H,28,30)/b24-15+. The van der Waals surface area contributed by atoms with Crippen molar-refractivity contribution in [3.63, 3.8) is 0 Å². The number of methoxy groups -OCH3 is 1. The molecule has 0 spiro atoms. The minimum absolute atomic E-state index is 0.234. The molecule has 0 unspecified atom stereocenters. The maximum atomic E-state index is 12.8. The molecule has 1 saturated heterocycles. The molecule has 1 aliphatic rings. The number of ether oxygens (including phenoxy) is 2. The SMILES string of the molecule is COc1cc(/C=C2/SC(=O)N(CC(=O)Nc3ccc(C)cc3)C2=O)ccc1OCc1ccccc1. The van der Waals surface area contributed by atoms with Crippen molar-refractivity contribution in [3.05, 3.63) is 94.4 Å². The number of aryl methyl sites for hydroxylation is 1. The van der Waals surface area contributed by atoms with Gasteiger partial charge in [-0.05, 0) is 60.2 Å². The van der Waals surface area contributed by atoms with Gasteiger partial charge in [-0.2, -0.15) is 0 Å². The molecular weight excluding hydrogens is 464 g/mol. The van der Waals surface area contributed by atoms with Crippen LogP contribution in [0.25, 0.3) is 6.08 Å². The van der Waals surface area contributed by atoms with Gasteiger partial charge in [-0.15, -0.1) is 0 Å². The minimum atomic E-state index is -0.512. The first-order valence-electron chi connectivity index (χ1n) is 10.9. The van der Waals surface area contributed by atoms with E-state index in [1.807, 2.05) is 49.4 Å². The Bertz CT molecular complexity index is 1270. The van der Waals surface area contributed by atoms with Gasteiger partial charge in [0.05, 0.1) is 12.0 Å². The topological polar surface area (TPSA) is 84.9 Å². The van der Waals surface area contributed by atoms with E-state index in [0.29, 0.717) is 29.4 Å². The van der Waals surface area contributed by atoms with Crippen LogP contribution in [0.3, 0.4) is 0 Å². The summed E-state index contributed by atoms with van der Waals surface area (Å²) in [6.45, 7) is 1.98. The summed E-state index contributed by atoms with van der Waals surface area (Å²) in [5.41, 5.74) is 3.36. The van der Waals surface area contributed by atoms with E-state index in [0.717, 1.165) is 27.8 Å². The summed E-state index contributed by atoms with van der Waals surface area (Å²) in [4.78, 5) is 38.8. The van der Waals surface area contributed by atoms with Crippen LogP contribution in [0, 0.1) is 6.92 Å². The zero-order chi connectivity index (χ0) is 24.8. The van der Waals surface area contributed by atoms with Crippen LogP contribution in [0.2, 0.25) is 0 Å². The van der Waals surface area contributed by atoms with Crippen LogP contribution in [0.4, 0.5) is 10.5 Å². The molecule has 4 rings (SSSR count). The maximum absolute atomic E-state index is 12.8. The predicted octanol–water partition coefficient (Wildman–Crippen LogP) is 5.26. The van der Waals surface area contributed by atoms with Gasteiger partial charge in [-0.25, -0.2) is 0 Å². The Morgan fingerprint density at radius 3 is 2.46 bits per heavy atom. The summed E-state index contributed by atoms with van der Waals surface area (Å²) < 4.78 is 11.3. The summed E-state index contributed by atoms with van der Waals surface area (Å²) in [6.07, 6.45) is 1.60. The van der Waals surface area contributed by atoms with E-state index in [1.54, 1.807) is 36.4 Å². The number of anilines is 1. The Labute approximate surface area is 207 Å². The van der Waals surface area contributed by atoms with Crippen molar-refractivity contribution >= 4 is 40.6 Å². The van der Waals surface area contributed by atoms with Crippen molar-refractivity contribution < 1.29 is 23.9 Å². The number of benzene rings is 3. The molecule has 1 fully saturated rings. The number of imide groups is 1. The second-order valence-electron chi connectivity index (χ2n) is 7.87. The van der Waals surface area contributed by atoms with Gasteiger partial charge in [0.2, 0.25) is 5.91 Å². The van der Waals surface area contributed by atoms with E-state index >= 15 is 0 Å². The molecule has 7 nitrogen and oxygen atoms in total. The molecule has 0 atom stereocenters. The Kier molecular flexibility index (Phi) is 7.52. The Morgan fingerprint density at radius 2 is 1.74 bits per heavy atom. The van der Waals surface area contributed by atoms with Crippen LogP contribution in [0.5, 0.6) is 11.5 Å². The number of nitrogens with one attached hydrogen (secondary N) is 1. The fourth-order valence-corrected chi connectivity index (χ4v) is 4.24. The van der Waals surface area contributed by atoms with Crippen molar-refractivity contribution in [2.45, 2.75) is 13.5 Å². The average Bonchev–Trinajstić information content (AvgIpc) is 3.12. The predicted molar refractivity (Wildman–Crippen MR) is 136 cm³/mol. The third-order valence-electron chi connectivity index (χ3n) is 5.23. The Hall–Kier alpha value is -4.04. The highest BCUT2D eigenvalue weighted by atomic mass is 32.2. The molecule has 0 aliphatic carbocycles. The molecule has 0 radical (unpaired) electrons. The molecule has 1 aliphatic heterocycles. The second kappa shape index (κ2) is 10.9. The van der Waals surface area contributed by atoms with Gasteiger partial charge in [-0.1, -0.05) is 54.1 Å². The molecule has 1 heterocycles. The maximum Gasteiger partial charge on any atom is 0.294 e. The van der Waals surface area contributed by atoms with Gasteiger partial charge < -0.3 is 14.8 Å². The Balaban J connectivity index is 1.42. The molecule has 0 aromatic heterocycles. The van der Waals surface area contributed by atoms with Crippen LogP contribution in [0.15, 0.2) is 77.7 Å². The van der Waals surface area contributed by atoms with Gasteiger partial charge >= 0.3 is 0 Å². The fourth-order valence-electron chi connectivity index (χ4n) is 3.40. The zero-order valence-electron chi connectivity index (χ0n) is 19.3. The molecule has 178 valence electrons. The highest BCUT2D eigenvalue weighted by Gasteiger charge is 2.36. The van der Waals surface area contributed by atoms with E-state index in [-0.39, 0.29) is 11.4 Å². The van der Waals surface area contributed by atoms with Crippen LogP contribution >= 0.6 is 11.8 Å². The van der Waals surface area contributed by atoms with Crippen LogP contribution in [0.1, 0.15) is 16.7 Å². The number of thioether (sulfide) groups is 1. The van der Waals surface area contributed by atoms with Crippen molar-refractivity contribution in [1.82, 2.24) is 4.90 Å². The van der Waals surface area contributed by atoms with Crippen molar-refractivity contribution in [3.8, 4) is 11.5 Å². The van der Waals surface area contributed by atoms with Crippen LogP contribution < -0.4 is 14.8 Å². The van der Waals surface area contributed by atoms with Gasteiger partial charge in [0.25, 0.3) is 11.1 Å². The van der Waals surface area contributed by atoms with Crippen LogP contribution in [-0.2, 0) is 16.2 Å². The molecule has 0 saturated carbocycles. The molecule has 8 heteroatoms. The van der Waals surface area contributed by atoms with Gasteiger partial charge in [0, 0.05) is 5.69 Å². The second-order valence-corrected chi connectivity index (χ2v) is 8.86. The quantitative estimate of drug-likeness (QED) is 0.436. The molecule has 3 aromatic carbocycles. The first kappa shape index (κ1) is 24.1. The smallest absolute Gasteiger partial charge is 0.294 e. The molecule has 35 heavy (non-hydrogen) atoms. The summed E-state index contributed by atoms with van der Waals surface area (Å²) in [5.74, 6) is 0.113. The van der Waals surface area contributed by atoms with Gasteiger partial charge in [0.15, 0.2) is 11.5 Å². The van der Waals surface area contributed by atoms with E-state index in [1.165, 1.54) is 7.11 Å². The lowest BCUT2D eigenvalue weighted by atomic mass is 10.1.